The topological polar surface area (TPSA) is 26.3 Å². The van der Waals surface area contributed by atoms with Crippen LogP contribution < -0.4 is 0 Å². The fourth-order valence-corrected chi connectivity index (χ4v) is 1.38. The predicted octanol–water partition coefficient (Wildman–Crippen LogP) is 2.77. The molecule has 1 atom stereocenters. The Hall–Kier alpha value is -1.36. The Bertz CT molecular complexity index is 387. The third-order valence-corrected chi connectivity index (χ3v) is 2.42. The highest BCUT2D eigenvalue weighted by Gasteiger charge is 2.39. The summed E-state index contributed by atoms with van der Waals surface area (Å²) in [7, 11) is 1.20. The molecule has 0 fully saturated rings. The number of halogens is 3. The minimum absolute atomic E-state index is 0.181. The molecule has 88 valence electrons. The van der Waals surface area contributed by atoms with Gasteiger partial charge in [0, 0.05) is 12.7 Å². The highest BCUT2D eigenvalue weighted by atomic mass is 19.4. The molecule has 16 heavy (non-hydrogen) atoms. The van der Waals surface area contributed by atoms with Gasteiger partial charge in [0.2, 0.25) is 0 Å². The number of methoxy groups -OCH3 is 1. The van der Waals surface area contributed by atoms with Crippen molar-refractivity contribution in [1.29, 1.82) is 0 Å². The zero-order chi connectivity index (χ0) is 12.4. The number of aldehydes is 1. The molecule has 0 aromatic heterocycles. The predicted molar refractivity (Wildman–Crippen MR) is 51.9 cm³/mol. The molecule has 0 aliphatic carbocycles. The van der Waals surface area contributed by atoms with Gasteiger partial charge in [0.25, 0.3) is 0 Å². The van der Waals surface area contributed by atoms with E-state index in [-0.39, 0.29) is 5.56 Å². The molecule has 1 aromatic rings. The number of benzene rings is 1. The van der Waals surface area contributed by atoms with E-state index < -0.39 is 17.3 Å². The number of alkyl halides is 3. The molecule has 0 heterocycles. The Morgan fingerprint density at radius 2 is 1.69 bits per heavy atom. The normalized spacial score (nSPS) is 15.6. The number of rotatable bonds is 3. The van der Waals surface area contributed by atoms with Crippen LogP contribution in [-0.4, -0.2) is 13.4 Å². The summed E-state index contributed by atoms with van der Waals surface area (Å²) in [6.45, 7) is 1.30. The summed E-state index contributed by atoms with van der Waals surface area (Å²) in [6.07, 6.45) is -4.14. The maximum absolute atomic E-state index is 12.7. The minimum Gasteiger partial charge on any atom is -0.366 e. The molecule has 5 heteroatoms. The van der Waals surface area contributed by atoms with Crippen LogP contribution in [0.25, 0.3) is 0 Å². The van der Waals surface area contributed by atoms with Gasteiger partial charge in [-0.2, -0.15) is 13.2 Å². The summed E-state index contributed by atoms with van der Waals surface area (Å²) >= 11 is 0. The van der Waals surface area contributed by atoms with E-state index in [4.69, 9.17) is 4.74 Å². The lowest BCUT2D eigenvalue weighted by Gasteiger charge is -2.25. The molecule has 0 N–H and O–H groups in total. The first-order chi connectivity index (χ1) is 7.35. The van der Waals surface area contributed by atoms with Gasteiger partial charge in [0.05, 0.1) is 5.56 Å². The maximum Gasteiger partial charge on any atom is 0.416 e. The largest absolute Gasteiger partial charge is 0.416 e. The first-order valence-corrected chi connectivity index (χ1v) is 4.53. The minimum atomic E-state index is -4.50. The smallest absolute Gasteiger partial charge is 0.366 e. The molecule has 0 saturated carbocycles. The highest BCUT2D eigenvalue weighted by molar-refractivity contribution is 5.66. The SMILES string of the molecule is COC(C)(C=O)c1ccccc1C(F)(F)F. The van der Waals surface area contributed by atoms with Crippen LogP contribution in [0.3, 0.4) is 0 Å². The third-order valence-electron chi connectivity index (χ3n) is 2.42. The molecule has 1 rings (SSSR count). The van der Waals surface area contributed by atoms with E-state index in [9.17, 15) is 18.0 Å². The van der Waals surface area contributed by atoms with E-state index in [2.05, 4.69) is 0 Å². The van der Waals surface area contributed by atoms with Crippen molar-refractivity contribution in [2.24, 2.45) is 0 Å². The van der Waals surface area contributed by atoms with Crippen LogP contribution in [0.4, 0.5) is 13.2 Å². The first-order valence-electron chi connectivity index (χ1n) is 4.53. The van der Waals surface area contributed by atoms with Crippen LogP contribution in [0.2, 0.25) is 0 Å². The van der Waals surface area contributed by atoms with E-state index in [1.807, 2.05) is 0 Å². The Kier molecular flexibility index (Phi) is 3.38. The number of hydrogen-bond acceptors (Lipinski definition) is 2. The van der Waals surface area contributed by atoms with Gasteiger partial charge < -0.3 is 4.74 Å². The zero-order valence-electron chi connectivity index (χ0n) is 8.84. The molecule has 1 unspecified atom stereocenters. The lowest BCUT2D eigenvalue weighted by molar-refractivity contribution is -0.142. The van der Waals surface area contributed by atoms with Crippen molar-refractivity contribution in [1.82, 2.24) is 0 Å². The molecule has 2 nitrogen and oxygen atoms in total. The summed E-state index contributed by atoms with van der Waals surface area (Å²) < 4.78 is 42.9. The second-order valence-corrected chi connectivity index (χ2v) is 3.47. The summed E-state index contributed by atoms with van der Waals surface area (Å²) in [5.41, 5.74) is -2.61. The molecular formula is C11H11F3O2. The van der Waals surface area contributed by atoms with Crippen LogP contribution in [0, 0.1) is 0 Å². The molecule has 0 bridgehead atoms. The van der Waals surface area contributed by atoms with Gasteiger partial charge in [-0.15, -0.1) is 0 Å². The zero-order valence-corrected chi connectivity index (χ0v) is 8.84. The van der Waals surface area contributed by atoms with Crippen molar-refractivity contribution in [2.45, 2.75) is 18.7 Å². The van der Waals surface area contributed by atoms with Crippen LogP contribution in [0.5, 0.6) is 0 Å². The maximum atomic E-state index is 12.7. The van der Waals surface area contributed by atoms with Crippen molar-refractivity contribution >= 4 is 6.29 Å². The van der Waals surface area contributed by atoms with Crippen molar-refractivity contribution in [2.75, 3.05) is 7.11 Å². The van der Waals surface area contributed by atoms with Gasteiger partial charge in [-0.05, 0) is 13.0 Å². The van der Waals surface area contributed by atoms with Crippen molar-refractivity contribution < 1.29 is 22.7 Å². The fraction of sp³-hybridized carbons (Fsp3) is 0.364. The number of ether oxygens (including phenoxy) is 1. The van der Waals surface area contributed by atoms with E-state index >= 15 is 0 Å². The molecule has 0 aliphatic heterocycles. The Balaban J connectivity index is 3.39. The molecule has 0 amide bonds. The third kappa shape index (κ3) is 2.24. The van der Waals surface area contributed by atoms with Gasteiger partial charge in [0.15, 0.2) is 6.29 Å². The number of carbonyl (C=O) groups is 1. The van der Waals surface area contributed by atoms with Crippen molar-refractivity contribution in [3.8, 4) is 0 Å². The average molecular weight is 232 g/mol. The Morgan fingerprint density at radius 1 is 1.19 bits per heavy atom. The van der Waals surface area contributed by atoms with Gasteiger partial charge in [-0.25, -0.2) is 0 Å². The molecule has 0 radical (unpaired) electrons. The Morgan fingerprint density at radius 3 is 2.06 bits per heavy atom. The fourth-order valence-electron chi connectivity index (χ4n) is 1.38. The van der Waals surface area contributed by atoms with Gasteiger partial charge in [-0.3, -0.25) is 4.79 Å². The van der Waals surface area contributed by atoms with Gasteiger partial charge >= 0.3 is 6.18 Å². The van der Waals surface area contributed by atoms with Crippen LogP contribution in [0.15, 0.2) is 24.3 Å². The molecule has 1 aromatic carbocycles. The van der Waals surface area contributed by atoms with E-state index in [0.717, 1.165) is 6.07 Å². The van der Waals surface area contributed by atoms with Crippen LogP contribution in [-0.2, 0) is 21.3 Å². The first kappa shape index (κ1) is 12.7. The summed E-state index contributed by atoms with van der Waals surface area (Å²) in [5, 5.41) is 0. The van der Waals surface area contributed by atoms with Gasteiger partial charge in [-0.1, -0.05) is 18.2 Å². The molecular weight excluding hydrogens is 221 g/mol. The Labute approximate surface area is 91.0 Å². The summed E-state index contributed by atoms with van der Waals surface area (Å²) in [6, 6.07) is 4.87. The van der Waals surface area contributed by atoms with Crippen LogP contribution >= 0.6 is 0 Å². The second-order valence-electron chi connectivity index (χ2n) is 3.47. The van der Waals surface area contributed by atoms with E-state index in [1.165, 1.54) is 32.2 Å². The number of hydrogen-bond donors (Lipinski definition) is 0. The lowest BCUT2D eigenvalue weighted by atomic mass is 9.92. The van der Waals surface area contributed by atoms with E-state index in [1.54, 1.807) is 0 Å². The molecule has 0 aliphatic rings. The second kappa shape index (κ2) is 4.25. The molecule has 0 saturated heterocycles. The highest BCUT2D eigenvalue weighted by Crippen LogP contribution is 2.36. The number of carbonyl (C=O) groups excluding carboxylic acids is 1. The standard InChI is InChI=1S/C11H11F3O2/c1-10(7-15,16-2)8-5-3-4-6-9(8)11(12,13)14/h3-7H,1-2H3. The van der Waals surface area contributed by atoms with E-state index in [0.29, 0.717) is 6.29 Å². The van der Waals surface area contributed by atoms with Crippen molar-refractivity contribution in [3.05, 3.63) is 35.4 Å². The van der Waals surface area contributed by atoms with Crippen molar-refractivity contribution in [3.63, 3.8) is 0 Å². The summed E-state index contributed by atoms with van der Waals surface area (Å²) in [5.74, 6) is 0. The van der Waals surface area contributed by atoms with Gasteiger partial charge in [0.1, 0.15) is 5.60 Å². The average Bonchev–Trinajstić information content (AvgIpc) is 2.27. The lowest BCUT2D eigenvalue weighted by Crippen LogP contribution is -2.29. The molecule has 0 spiro atoms. The monoisotopic (exact) mass is 232 g/mol. The quantitative estimate of drug-likeness (QED) is 0.749. The van der Waals surface area contributed by atoms with Crippen LogP contribution in [0.1, 0.15) is 18.1 Å². The summed E-state index contributed by atoms with van der Waals surface area (Å²) in [4.78, 5) is 10.8.